The Morgan fingerprint density at radius 2 is 1.12 bits per heavy atom. The van der Waals surface area contributed by atoms with E-state index in [4.69, 9.17) is 20.6 Å². The average Bonchev–Trinajstić information content (AvgIpc) is 3.33. The van der Waals surface area contributed by atoms with E-state index in [2.05, 4.69) is 0 Å². The molecule has 0 saturated heterocycles. The zero-order chi connectivity index (χ0) is 24.3. The van der Waals surface area contributed by atoms with E-state index in [0.717, 1.165) is 0 Å². The van der Waals surface area contributed by atoms with Gasteiger partial charge in [-0.3, -0.25) is 0 Å². The Labute approximate surface area is 198 Å². The number of nitrogens with two attached hydrogens (primary N) is 1. The van der Waals surface area contributed by atoms with Crippen LogP contribution in [-0.4, -0.2) is 63.6 Å². The first-order valence-electron chi connectivity index (χ1n) is 10.5. The molecule has 0 unspecified atom stereocenters. The van der Waals surface area contributed by atoms with Crippen molar-refractivity contribution in [3.63, 3.8) is 0 Å². The molecule has 0 bridgehead atoms. The van der Waals surface area contributed by atoms with E-state index in [-0.39, 0.29) is 23.3 Å². The molecule has 1 spiro atoms. The second kappa shape index (κ2) is 7.33. The first kappa shape index (κ1) is 22.0. The Balaban J connectivity index is 1.72. The van der Waals surface area contributed by atoms with Gasteiger partial charge >= 0.3 is 199 Å². The van der Waals surface area contributed by atoms with Gasteiger partial charge in [0.2, 0.25) is 0 Å². The van der Waals surface area contributed by atoms with Crippen LogP contribution in [0.1, 0.15) is 20.7 Å². The van der Waals surface area contributed by atoms with Crippen molar-refractivity contribution >= 4 is 35.7 Å². The van der Waals surface area contributed by atoms with Gasteiger partial charge in [-0.2, -0.15) is 0 Å². The number of nitrogens with zero attached hydrogens (tertiary/aromatic N) is 2. The van der Waals surface area contributed by atoms with E-state index in [0.29, 0.717) is 32.7 Å². The van der Waals surface area contributed by atoms with E-state index in [1.54, 1.807) is 88.9 Å². The summed E-state index contributed by atoms with van der Waals surface area (Å²) < 4.78 is 26.6. The summed E-state index contributed by atoms with van der Waals surface area (Å²) in [5, 5.41) is 0. The van der Waals surface area contributed by atoms with E-state index < -0.39 is 13.8 Å². The summed E-state index contributed by atoms with van der Waals surface area (Å²) >= 11 is -5.40. The molecular formula is C24H24AsN3O6. The first-order chi connectivity index (χ1) is 16.1. The van der Waals surface area contributed by atoms with Gasteiger partial charge in [-0.25, -0.2) is 0 Å². The average molecular weight is 525 g/mol. The van der Waals surface area contributed by atoms with Gasteiger partial charge in [-0.15, -0.1) is 0 Å². The molecule has 2 N–H and O–H groups in total. The van der Waals surface area contributed by atoms with Crippen LogP contribution >= 0.6 is 0 Å². The molecule has 0 atom stereocenters. The predicted octanol–water partition coefficient (Wildman–Crippen LogP) is 2.21. The fourth-order valence-corrected chi connectivity index (χ4v) is 10.7. The van der Waals surface area contributed by atoms with Gasteiger partial charge in [0.25, 0.3) is 0 Å². The molecule has 9 nitrogen and oxygen atoms in total. The fraction of sp³-hybridized carbons (Fsp3) is 0.167. The van der Waals surface area contributed by atoms with Gasteiger partial charge in [0.05, 0.1) is 0 Å². The number of para-hydroxylation sites is 2. The normalized spacial score (nSPS) is 17.0. The van der Waals surface area contributed by atoms with Crippen LogP contribution in [0.5, 0.6) is 23.0 Å². The molecule has 2 heterocycles. The second-order valence-electron chi connectivity index (χ2n) is 8.43. The number of nitrogen functional groups attached to an aromatic ring is 1. The van der Waals surface area contributed by atoms with Crippen molar-refractivity contribution < 1.29 is 24.5 Å². The van der Waals surface area contributed by atoms with Crippen molar-refractivity contribution in [1.82, 2.24) is 9.80 Å². The molecule has 3 aromatic carbocycles. The van der Waals surface area contributed by atoms with Crippen LogP contribution in [0.25, 0.3) is 0 Å². The van der Waals surface area contributed by atoms with E-state index in [9.17, 15) is 9.59 Å². The summed E-state index contributed by atoms with van der Waals surface area (Å²) in [7, 11) is 6.62. The van der Waals surface area contributed by atoms with Crippen LogP contribution in [-0.2, 0) is 0 Å². The third-order valence-electron chi connectivity index (χ3n) is 5.55. The number of amides is 2. The quantitative estimate of drug-likeness (QED) is 0.413. The molecule has 10 heteroatoms. The van der Waals surface area contributed by atoms with Crippen LogP contribution in [0.3, 0.4) is 0 Å². The van der Waals surface area contributed by atoms with Crippen molar-refractivity contribution in [2.24, 2.45) is 0 Å². The van der Waals surface area contributed by atoms with Gasteiger partial charge in [0.1, 0.15) is 0 Å². The van der Waals surface area contributed by atoms with Crippen molar-refractivity contribution in [2.45, 2.75) is 0 Å². The number of carbonyl (C=O) groups is 2. The van der Waals surface area contributed by atoms with Crippen LogP contribution in [0.2, 0.25) is 0 Å². The predicted molar refractivity (Wildman–Crippen MR) is 128 cm³/mol. The zero-order valence-electron chi connectivity index (χ0n) is 19.1. The molecule has 3 aromatic rings. The van der Waals surface area contributed by atoms with Crippen LogP contribution in [0.4, 0.5) is 5.69 Å². The number of benzene rings is 3. The third kappa shape index (κ3) is 3.08. The summed E-state index contributed by atoms with van der Waals surface area (Å²) in [4.78, 5) is 28.7. The van der Waals surface area contributed by atoms with Crippen molar-refractivity contribution in [3.05, 3.63) is 71.8 Å². The molecule has 2 aliphatic rings. The summed E-state index contributed by atoms with van der Waals surface area (Å²) in [5.41, 5.74) is 7.09. The van der Waals surface area contributed by atoms with E-state index in [1.807, 2.05) is 0 Å². The van der Waals surface area contributed by atoms with Gasteiger partial charge < -0.3 is 0 Å². The number of fused-ring (bicyclic) bond motifs is 2. The Morgan fingerprint density at radius 3 is 1.53 bits per heavy atom. The van der Waals surface area contributed by atoms with Crippen molar-refractivity contribution in [2.75, 3.05) is 33.9 Å². The molecule has 0 aliphatic carbocycles. The van der Waals surface area contributed by atoms with Crippen LogP contribution in [0.15, 0.2) is 60.7 Å². The van der Waals surface area contributed by atoms with E-state index in [1.165, 1.54) is 9.80 Å². The molecule has 2 amide bonds. The second-order valence-corrected chi connectivity index (χ2v) is 14.5. The van der Waals surface area contributed by atoms with Crippen LogP contribution in [0, 0.1) is 0 Å². The number of carbonyl (C=O) groups excluding carboxylic acids is 2. The molecule has 34 heavy (non-hydrogen) atoms. The minimum absolute atomic E-state index is 0.234. The summed E-state index contributed by atoms with van der Waals surface area (Å²) in [5.74, 6) is 0.595. The van der Waals surface area contributed by atoms with Gasteiger partial charge in [0, 0.05) is 0 Å². The number of rotatable bonds is 3. The van der Waals surface area contributed by atoms with Crippen molar-refractivity contribution in [3.8, 4) is 23.0 Å². The number of hydrogen-bond donors (Lipinski definition) is 1. The Morgan fingerprint density at radius 1 is 0.676 bits per heavy atom. The Kier molecular flexibility index (Phi) is 4.74. The molecule has 5 rings (SSSR count). The Bertz CT molecular complexity index is 1260. The molecule has 0 saturated carbocycles. The maximum absolute atomic E-state index is 12.9. The van der Waals surface area contributed by atoms with Gasteiger partial charge in [0.15, 0.2) is 0 Å². The molecule has 2 aliphatic heterocycles. The zero-order valence-corrected chi connectivity index (χ0v) is 21.0. The molecular weight excluding hydrogens is 501 g/mol. The van der Waals surface area contributed by atoms with E-state index >= 15 is 0 Å². The summed E-state index contributed by atoms with van der Waals surface area (Å²) in [6, 6.07) is 16.9. The molecule has 176 valence electrons. The van der Waals surface area contributed by atoms with Gasteiger partial charge in [-0.1, -0.05) is 0 Å². The van der Waals surface area contributed by atoms with Crippen LogP contribution < -0.4 is 25.0 Å². The topological polar surface area (TPSA) is 104 Å². The minimum atomic E-state index is -5.40. The fourth-order valence-electron chi connectivity index (χ4n) is 3.88. The van der Waals surface area contributed by atoms with Crippen molar-refractivity contribution in [1.29, 1.82) is 0 Å². The molecule has 0 aromatic heterocycles. The SMILES string of the molecule is CN(C)C(=O)c1cccc2c1O[As]1(c3ccc(N)cc3)(O2)Oc2cccc(C(=O)N(C)C)c2O1. The monoisotopic (exact) mass is 525 g/mol. The number of anilines is 1. The third-order valence-corrected chi connectivity index (χ3v) is 12.2. The summed E-state index contributed by atoms with van der Waals surface area (Å²) in [6.45, 7) is 0. The molecule has 0 radical (unpaired) electrons. The number of hydrogen-bond acceptors (Lipinski definition) is 7. The van der Waals surface area contributed by atoms with Gasteiger partial charge in [-0.05, 0) is 0 Å². The first-order valence-corrected chi connectivity index (χ1v) is 14.5. The summed E-state index contributed by atoms with van der Waals surface area (Å²) in [6.07, 6.45) is 0. The molecule has 0 fully saturated rings. The Hall–Kier alpha value is -3.84. The maximum atomic E-state index is 12.9. The standard InChI is InChI=1S/C24H24AsN3O6/c1-27(2)23(29)17-7-5-9-19-21(17)33-25(31-19,15-11-13-16(26)14-12-15)32-20-10-6-8-18(22(20)34-25)24(30)28(3)4/h5-14H,26H2,1-4H3.